The van der Waals surface area contributed by atoms with Gasteiger partial charge in [0.25, 0.3) is 0 Å². The number of carboxylic acids is 1. The van der Waals surface area contributed by atoms with Crippen molar-refractivity contribution < 1.29 is 14.7 Å². The van der Waals surface area contributed by atoms with Crippen LogP contribution in [0.3, 0.4) is 0 Å². The monoisotopic (exact) mass is 283 g/mol. The number of aryl methyl sites for hydroxylation is 1. The summed E-state index contributed by atoms with van der Waals surface area (Å²) in [5, 5.41) is 21.8. The first-order valence-electron chi connectivity index (χ1n) is 6.53. The molecule has 0 aliphatic heterocycles. The van der Waals surface area contributed by atoms with E-state index in [1.165, 1.54) is 0 Å². The summed E-state index contributed by atoms with van der Waals surface area (Å²) in [5.74, 6) is -0.539. The van der Waals surface area contributed by atoms with Crippen molar-refractivity contribution in [2.24, 2.45) is 13.0 Å². The molecule has 0 aliphatic carbocycles. The van der Waals surface area contributed by atoms with E-state index in [0.717, 1.165) is 0 Å². The van der Waals surface area contributed by atoms with Crippen molar-refractivity contribution >= 4 is 12.0 Å². The molecular weight excluding hydrogens is 262 g/mol. The predicted molar refractivity (Wildman–Crippen MR) is 72.0 cm³/mol. The van der Waals surface area contributed by atoms with E-state index in [-0.39, 0.29) is 12.1 Å². The van der Waals surface area contributed by atoms with Crippen LogP contribution in [-0.4, -0.2) is 38.4 Å². The van der Waals surface area contributed by atoms with Gasteiger partial charge in [-0.05, 0) is 19.8 Å². The molecule has 1 heterocycles. The van der Waals surface area contributed by atoms with Crippen LogP contribution < -0.4 is 10.6 Å². The van der Waals surface area contributed by atoms with E-state index in [1.807, 2.05) is 6.92 Å². The van der Waals surface area contributed by atoms with Crippen LogP contribution in [0.1, 0.15) is 38.6 Å². The highest BCUT2D eigenvalue weighted by Gasteiger charge is 2.14. The Kier molecular flexibility index (Phi) is 5.95. The first kappa shape index (κ1) is 15.9. The third kappa shape index (κ3) is 4.87. The normalized spacial score (nSPS) is 13.6. The second-order valence-electron chi connectivity index (χ2n) is 4.80. The second-order valence-corrected chi connectivity index (χ2v) is 4.80. The Bertz CT molecular complexity index is 460. The Morgan fingerprint density at radius 1 is 1.45 bits per heavy atom. The molecule has 0 saturated carbocycles. The Hall–Kier alpha value is -2.12. The number of amides is 2. The van der Waals surface area contributed by atoms with Gasteiger partial charge < -0.3 is 20.3 Å². The lowest BCUT2D eigenvalue weighted by Crippen LogP contribution is -2.38. The van der Waals surface area contributed by atoms with Crippen molar-refractivity contribution in [3.05, 3.63) is 12.2 Å². The number of aromatic nitrogens is 3. The van der Waals surface area contributed by atoms with Gasteiger partial charge >= 0.3 is 12.0 Å². The standard InChI is InChI=1S/C12H21N5O3/c1-8(11(18)19)5-4-6-13-12(20)15-9(2)10-16-14-7-17(10)3/h7-9H,4-6H2,1-3H3,(H,18,19)(H2,13,15,20). The number of rotatable bonds is 7. The van der Waals surface area contributed by atoms with Crippen LogP contribution in [0.25, 0.3) is 0 Å². The molecule has 0 fully saturated rings. The van der Waals surface area contributed by atoms with Gasteiger partial charge in [0, 0.05) is 13.6 Å². The maximum Gasteiger partial charge on any atom is 0.315 e. The van der Waals surface area contributed by atoms with Crippen LogP contribution in [0.5, 0.6) is 0 Å². The molecule has 3 N–H and O–H groups in total. The highest BCUT2D eigenvalue weighted by atomic mass is 16.4. The van der Waals surface area contributed by atoms with Gasteiger partial charge in [-0.2, -0.15) is 0 Å². The number of aliphatic carboxylic acids is 1. The van der Waals surface area contributed by atoms with Gasteiger partial charge in [-0.1, -0.05) is 6.92 Å². The molecule has 0 bridgehead atoms. The lowest BCUT2D eigenvalue weighted by Gasteiger charge is -2.14. The fourth-order valence-electron chi connectivity index (χ4n) is 1.73. The van der Waals surface area contributed by atoms with Gasteiger partial charge in [-0.3, -0.25) is 4.79 Å². The van der Waals surface area contributed by atoms with Crippen LogP contribution in [0.2, 0.25) is 0 Å². The molecule has 1 aromatic heterocycles. The topological polar surface area (TPSA) is 109 Å². The van der Waals surface area contributed by atoms with E-state index in [4.69, 9.17) is 5.11 Å². The van der Waals surface area contributed by atoms with Crippen molar-refractivity contribution in [2.45, 2.75) is 32.7 Å². The maximum absolute atomic E-state index is 11.6. The molecule has 2 amide bonds. The molecule has 8 heteroatoms. The van der Waals surface area contributed by atoms with E-state index in [2.05, 4.69) is 20.8 Å². The van der Waals surface area contributed by atoms with Gasteiger partial charge in [0.15, 0.2) is 5.82 Å². The fraction of sp³-hybridized carbons (Fsp3) is 0.667. The van der Waals surface area contributed by atoms with Gasteiger partial charge in [0.05, 0.1) is 12.0 Å². The molecular formula is C12H21N5O3. The number of hydrogen-bond acceptors (Lipinski definition) is 4. The molecule has 0 aromatic carbocycles. The van der Waals surface area contributed by atoms with Crippen LogP contribution in [0.4, 0.5) is 4.79 Å². The van der Waals surface area contributed by atoms with Crippen molar-refractivity contribution in [2.75, 3.05) is 6.54 Å². The summed E-state index contributed by atoms with van der Waals surface area (Å²) in [7, 11) is 1.80. The third-order valence-electron chi connectivity index (χ3n) is 3.00. The van der Waals surface area contributed by atoms with E-state index in [1.54, 1.807) is 24.9 Å². The minimum Gasteiger partial charge on any atom is -0.481 e. The van der Waals surface area contributed by atoms with Crippen LogP contribution in [0, 0.1) is 5.92 Å². The molecule has 0 aliphatic rings. The van der Waals surface area contributed by atoms with Crippen LogP contribution in [0.15, 0.2) is 6.33 Å². The second kappa shape index (κ2) is 7.46. The van der Waals surface area contributed by atoms with E-state index in [0.29, 0.717) is 25.2 Å². The molecule has 0 spiro atoms. The lowest BCUT2D eigenvalue weighted by molar-refractivity contribution is -0.141. The average Bonchev–Trinajstić information content (AvgIpc) is 2.80. The maximum atomic E-state index is 11.6. The number of urea groups is 1. The molecule has 0 radical (unpaired) electrons. The van der Waals surface area contributed by atoms with Gasteiger partial charge in [-0.15, -0.1) is 10.2 Å². The Balaban J connectivity index is 2.24. The largest absolute Gasteiger partial charge is 0.481 e. The minimum absolute atomic E-state index is 0.250. The predicted octanol–water partition coefficient (Wildman–Crippen LogP) is 0.676. The quantitative estimate of drug-likeness (QED) is 0.637. The van der Waals surface area contributed by atoms with Gasteiger partial charge in [-0.25, -0.2) is 4.79 Å². The van der Waals surface area contributed by atoms with Crippen molar-refractivity contribution in [3.8, 4) is 0 Å². The summed E-state index contributed by atoms with van der Waals surface area (Å²) < 4.78 is 1.74. The summed E-state index contributed by atoms with van der Waals surface area (Å²) in [4.78, 5) is 22.3. The molecule has 0 saturated heterocycles. The Labute approximate surface area is 117 Å². The number of carbonyl (C=O) groups excluding carboxylic acids is 1. The summed E-state index contributed by atoms with van der Waals surface area (Å²) >= 11 is 0. The van der Waals surface area contributed by atoms with E-state index >= 15 is 0 Å². The van der Waals surface area contributed by atoms with Gasteiger partial charge in [0.2, 0.25) is 0 Å². The molecule has 20 heavy (non-hydrogen) atoms. The summed E-state index contributed by atoms with van der Waals surface area (Å²) in [6, 6.07) is -0.552. The molecule has 1 rings (SSSR count). The number of hydrogen-bond donors (Lipinski definition) is 3. The van der Waals surface area contributed by atoms with Crippen molar-refractivity contribution in [1.82, 2.24) is 25.4 Å². The molecule has 1 aromatic rings. The highest BCUT2D eigenvalue weighted by Crippen LogP contribution is 2.07. The first-order chi connectivity index (χ1) is 9.41. The fourth-order valence-corrected chi connectivity index (χ4v) is 1.73. The van der Waals surface area contributed by atoms with E-state index in [9.17, 15) is 9.59 Å². The van der Waals surface area contributed by atoms with Crippen molar-refractivity contribution in [1.29, 1.82) is 0 Å². The number of nitrogens with one attached hydrogen (secondary N) is 2. The zero-order valence-corrected chi connectivity index (χ0v) is 12.0. The van der Waals surface area contributed by atoms with E-state index < -0.39 is 11.9 Å². The number of nitrogens with zero attached hydrogens (tertiary/aromatic N) is 3. The number of carbonyl (C=O) groups is 2. The zero-order chi connectivity index (χ0) is 15.1. The number of carboxylic acid groups (broad SMARTS) is 1. The van der Waals surface area contributed by atoms with Crippen LogP contribution in [-0.2, 0) is 11.8 Å². The smallest absolute Gasteiger partial charge is 0.315 e. The summed E-state index contributed by atoms with van der Waals surface area (Å²) in [5.41, 5.74) is 0. The molecule has 8 nitrogen and oxygen atoms in total. The SMILES string of the molecule is CC(CCCNC(=O)NC(C)c1nncn1C)C(=O)O. The zero-order valence-electron chi connectivity index (χ0n) is 12.0. The minimum atomic E-state index is -0.814. The Morgan fingerprint density at radius 2 is 2.15 bits per heavy atom. The Morgan fingerprint density at radius 3 is 2.70 bits per heavy atom. The average molecular weight is 283 g/mol. The lowest BCUT2D eigenvalue weighted by atomic mass is 10.1. The summed E-state index contributed by atoms with van der Waals surface area (Å²) in [6.07, 6.45) is 2.73. The third-order valence-corrected chi connectivity index (χ3v) is 3.00. The summed E-state index contributed by atoms with van der Waals surface area (Å²) in [6.45, 7) is 3.91. The molecule has 2 unspecified atom stereocenters. The highest BCUT2D eigenvalue weighted by molar-refractivity contribution is 5.74. The van der Waals surface area contributed by atoms with Crippen LogP contribution >= 0.6 is 0 Å². The first-order valence-corrected chi connectivity index (χ1v) is 6.53. The van der Waals surface area contributed by atoms with Crippen molar-refractivity contribution in [3.63, 3.8) is 0 Å². The van der Waals surface area contributed by atoms with Gasteiger partial charge in [0.1, 0.15) is 6.33 Å². The molecule has 2 atom stereocenters. The molecule has 112 valence electrons.